The topological polar surface area (TPSA) is 29.1 Å². The molecule has 0 aromatic heterocycles. The molecule has 3 aromatic rings. The maximum Gasteiger partial charge on any atom is 0.172 e. The molecule has 128 valence electrons. The minimum absolute atomic E-state index is 0.111. The van der Waals surface area contributed by atoms with E-state index in [1.165, 1.54) is 5.56 Å². The standard InChI is InChI=1S/C24H21NO/c1-18-12-14-21(15-13-18)25-22-16-17-23(26)24(22,19-8-4-2-5-9-19)20-10-6-3-7-11-20/h2-17,22,25H,1H3/t22-/m1/s1. The van der Waals surface area contributed by atoms with Crippen LogP contribution in [-0.2, 0) is 10.2 Å². The third-order valence-electron chi connectivity index (χ3n) is 5.13. The summed E-state index contributed by atoms with van der Waals surface area (Å²) >= 11 is 0. The Morgan fingerprint density at radius 3 is 1.85 bits per heavy atom. The summed E-state index contributed by atoms with van der Waals surface area (Å²) in [5.74, 6) is 0.111. The molecule has 0 unspecified atom stereocenters. The van der Waals surface area contributed by atoms with Crippen LogP contribution in [0.1, 0.15) is 16.7 Å². The molecule has 0 bridgehead atoms. The highest BCUT2D eigenvalue weighted by Crippen LogP contribution is 2.42. The quantitative estimate of drug-likeness (QED) is 0.732. The van der Waals surface area contributed by atoms with Gasteiger partial charge in [-0.1, -0.05) is 84.4 Å². The molecule has 26 heavy (non-hydrogen) atoms. The minimum Gasteiger partial charge on any atom is -0.377 e. The van der Waals surface area contributed by atoms with E-state index in [1.807, 2.05) is 66.7 Å². The van der Waals surface area contributed by atoms with E-state index < -0.39 is 5.41 Å². The summed E-state index contributed by atoms with van der Waals surface area (Å²) in [6, 6.07) is 28.3. The SMILES string of the molecule is Cc1ccc(N[C@@H]2C=CC(=O)C2(c2ccccc2)c2ccccc2)cc1. The molecule has 0 saturated carbocycles. The second-order valence-corrected chi connectivity index (χ2v) is 6.75. The van der Waals surface area contributed by atoms with E-state index in [9.17, 15) is 4.79 Å². The largest absolute Gasteiger partial charge is 0.377 e. The summed E-state index contributed by atoms with van der Waals surface area (Å²) in [5, 5.41) is 3.58. The van der Waals surface area contributed by atoms with Crippen molar-refractivity contribution < 1.29 is 4.79 Å². The van der Waals surface area contributed by atoms with Crippen LogP contribution in [0.5, 0.6) is 0 Å². The van der Waals surface area contributed by atoms with Gasteiger partial charge in [-0.2, -0.15) is 0 Å². The molecule has 2 heteroatoms. The average Bonchev–Trinajstić information content (AvgIpc) is 3.02. The molecular weight excluding hydrogens is 318 g/mol. The van der Waals surface area contributed by atoms with Crippen molar-refractivity contribution in [1.29, 1.82) is 0 Å². The second-order valence-electron chi connectivity index (χ2n) is 6.75. The molecule has 4 rings (SSSR count). The van der Waals surface area contributed by atoms with Gasteiger partial charge in [0.1, 0.15) is 5.41 Å². The van der Waals surface area contributed by atoms with E-state index in [0.29, 0.717) is 0 Å². The van der Waals surface area contributed by atoms with Gasteiger partial charge in [0.25, 0.3) is 0 Å². The van der Waals surface area contributed by atoms with Crippen molar-refractivity contribution in [1.82, 2.24) is 0 Å². The summed E-state index contributed by atoms with van der Waals surface area (Å²) in [5.41, 5.74) is 3.48. The molecule has 1 N–H and O–H groups in total. The molecule has 0 heterocycles. The lowest BCUT2D eigenvalue weighted by Gasteiger charge is -2.36. The molecular formula is C24H21NO. The van der Waals surface area contributed by atoms with Gasteiger partial charge in [-0.15, -0.1) is 0 Å². The monoisotopic (exact) mass is 339 g/mol. The van der Waals surface area contributed by atoms with Crippen LogP contribution in [0.4, 0.5) is 5.69 Å². The van der Waals surface area contributed by atoms with Crippen LogP contribution < -0.4 is 5.32 Å². The van der Waals surface area contributed by atoms with E-state index in [-0.39, 0.29) is 11.8 Å². The Morgan fingerprint density at radius 2 is 1.31 bits per heavy atom. The Labute approximate surface area is 154 Å². The second kappa shape index (κ2) is 6.64. The number of carbonyl (C=O) groups excluding carboxylic acids is 1. The van der Waals surface area contributed by atoms with Gasteiger partial charge in [-0.25, -0.2) is 0 Å². The Bertz CT molecular complexity index is 887. The number of hydrogen-bond donors (Lipinski definition) is 1. The molecule has 0 amide bonds. The zero-order valence-corrected chi connectivity index (χ0v) is 14.7. The van der Waals surface area contributed by atoms with Gasteiger partial charge in [0.2, 0.25) is 0 Å². The van der Waals surface area contributed by atoms with Crippen molar-refractivity contribution >= 4 is 11.5 Å². The van der Waals surface area contributed by atoms with Gasteiger partial charge in [0, 0.05) is 5.69 Å². The molecule has 0 radical (unpaired) electrons. The van der Waals surface area contributed by atoms with Gasteiger partial charge in [-0.05, 0) is 36.3 Å². The van der Waals surface area contributed by atoms with Crippen molar-refractivity contribution in [2.24, 2.45) is 0 Å². The number of ketones is 1. The van der Waals surface area contributed by atoms with E-state index in [4.69, 9.17) is 0 Å². The summed E-state index contributed by atoms with van der Waals surface area (Å²) < 4.78 is 0. The van der Waals surface area contributed by atoms with Crippen molar-refractivity contribution in [2.45, 2.75) is 18.4 Å². The van der Waals surface area contributed by atoms with Gasteiger partial charge in [0.15, 0.2) is 5.78 Å². The Hall–Kier alpha value is -3.13. The zero-order chi connectivity index (χ0) is 18.0. The van der Waals surface area contributed by atoms with E-state index in [2.05, 4.69) is 36.5 Å². The van der Waals surface area contributed by atoms with Crippen LogP contribution >= 0.6 is 0 Å². The van der Waals surface area contributed by atoms with Crippen molar-refractivity contribution in [2.75, 3.05) is 5.32 Å². The van der Waals surface area contributed by atoms with Crippen LogP contribution in [0, 0.1) is 6.92 Å². The van der Waals surface area contributed by atoms with E-state index in [0.717, 1.165) is 16.8 Å². The maximum absolute atomic E-state index is 13.2. The number of nitrogens with one attached hydrogen (secondary N) is 1. The number of aryl methyl sites for hydroxylation is 1. The molecule has 1 aliphatic carbocycles. The normalized spacial score (nSPS) is 18.0. The lowest BCUT2D eigenvalue weighted by atomic mass is 9.69. The fourth-order valence-corrected chi connectivity index (χ4v) is 3.81. The van der Waals surface area contributed by atoms with E-state index in [1.54, 1.807) is 6.08 Å². The molecule has 1 aliphatic rings. The van der Waals surface area contributed by atoms with Crippen molar-refractivity contribution in [3.05, 3.63) is 114 Å². The highest BCUT2D eigenvalue weighted by atomic mass is 16.1. The average molecular weight is 339 g/mol. The van der Waals surface area contributed by atoms with Gasteiger partial charge in [0.05, 0.1) is 6.04 Å². The molecule has 0 spiro atoms. The number of rotatable bonds is 4. The van der Waals surface area contributed by atoms with E-state index >= 15 is 0 Å². The number of benzene rings is 3. The van der Waals surface area contributed by atoms with Crippen molar-refractivity contribution in [3.63, 3.8) is 0 Å². The van der Waals surface area contributed by atoms with Crippen LogP contribution in [0.3, 0.4) is 0 Å². The first-order chi connectivity index (χ1) is 12.7. The lowest BCUT2D eigenvalue weighted by molar-refractivity contribution is -0.117. The van der Waals surface area contributed by atoms with Crippen LogP contribution in [0.2, 0.25) is 0 Å². The summed E-state index contributed by atoms with van der Waals surface area (Å²) in [7, 11) is 0. The fourth-order valence-electron chi connectivity index (χ4n) is 3.81. The zero-order valence-electron chi connectivity index (χ0n) is 14.7. The first-order valence-corrected chi connectivity index (χ1v) is 8.88. The predicted molar refractivity (Wildman–Crippen MR) is 106 cm³/mol. The molecule has 0 aliphatic heterocycles. The van der Waals surface area contributed by atoms with Gasteiger partial charge in [-0.3, -0.25) is 4.79 Å². The third-order valence-corrected chi connectivity index (χ3v) is 5.13. The van der Waals surface area contributed by atoms with Crippen LogP contribution in [0.25, 0.3) is 0 Å². The lowest BCUT2D eigenvalue weighted by Crippen LogP contribution is -2.46. The fraction of sp³-hybridized carbons (Fsp3) is 0.125. The third kappa shape index (κ3) is 2.64. The van der Waals surface area contributed by atoms with Crippen LogP contribution in [-0.4, -0.2) is 11.8 Å². The highest BCUT2D eigenvalue weighted by molar-refractivity contribution is 6.06. The molecule has 1 atom stereocenters. The van der Waals surface area contributed by atoms with Gasteiger partial charge >= 0.3 is 0 Å². The Balaban J connectivity index is 1.85. The van der Waals surface area contributed by atoms with Gasteiger partial charge < -0.3 is 5.32 Å². The maximum atomic E-state index is 13.2. The predicted octanol–water partition coefficient (Wildman–Crippen LogP) is 4.90. The smallest absolute Gasteiger partial charge is 0.172 e. The van der Waals surface area contributed by atoms with Crippen LogP contribution in [0.15, 0.2) is 97.1 Å². The number of anilines is 1. The summed E-state index contributed by atoms with van der Waals surface area (Å²) in [4.78, 5) is 13.2. The first kappa shape index (κ1) is 16.3. The molecule has 0 saturated heterocycles. The molecule has 2 nitrogen and oxygen atoms in total. The Kier molecular flexibility index (Phi) is 4.18. The number of allylic oxidation sites excluding steroid dienone is 1. The Morgan fingerprint density at radius 1 is 0.769 bits per heavy atom. The molecule has 3 aromatic carbocycles. The minimum atomic E-state index is -0.757. The van der Waals surface area contributed by atoms with Crippen molar-refractivity contribution in [3.8, 4) is 0 Å². The summed E-state index contributed by atoms with van der Waals surface area (Å²) in [6.07, 6.45) is 3.70. The first-order valence-electron chi connectivity index (χ1n) is 8.88. The highest BCUT2D eigenvalue weighted by Gasteiger charge is 2.49. The summed E-state index contributed by atoms with van der Waals surface area (Å²) in [6.45, 7) is 2.07. The molecule has 0 fully saturated rings. The number of hydrogen-bond acceptors (Lipinski definition) is 2. The number of carbonyl (C=O) groups is 1.